The Bertz CT molecular complexity index is 830. The van der Waals surface area contributed by atoms with Crippen LogP contribution in [-0.4, -0.2) is 46.2 Å². The molecule has 0 unspecified atom stereocenters. The van der Waals surface area contributed by atoms with Gasteiger partial charge in [-0.25, -0.2) is 4.79 Å². The van der Waals surface area contributed by atoms with Gasteiger partial charge in [-0.1, -0.05) is 54.6 Å². The van der Waals surface area contributed by atoms with Gasteiger partial charge in [-0.05, 0) is 83.2 Å². The van der Waals surface area contributed by atoms with Crippen molar-refractivity contribution in [3.8, 4) is 11.1 Å². The predicted molar refractivity (Wildman–Crippen MR) is 124 cm³/mol. The van der Waals surface area contributed by atoms with Gasteiger partial charge in [-0.3, -0.25) is 4.90 Å². The van der Waals surface area contributed by atoms with Gasteiger partial charge >= 0.3 is 6.09 Å². The third kappa shape index (κ3) is 5.04. The first-order valence-corrected chi connectivity index (χ1v) is 11.0. The molecule has 1 aliphatic rings. The number of carboxylic acid groups (broad SMARTS) is 1. The zero-order valence-electron chi connectivity index (χ0n) is 19.1. The summed E-state index contributed by atoms with van der Waals surface area (Å²) in [5.41, 5.74) is 3.40. The Morgan fingerprint density at radius 1 is 0.933 bits per heavy atom. The number of amides is 1. The van der Waals surface area contributed by atoms with Gasteiger partial charge in [-0.2, -0.15) is 0 Å². The molecule has 0 spiro atoms. The number of carbonyl (C=O) groups is 1. The summed E-state index contributed by atoms with van der Waals surface area (Å²) < 4.78 is 0. The fraction of sp³-hybridized carbons (Fsp3) is 0.500. The maximum atomic E-state index is 11.7. The summed E-state index contributed by atoms with van der Waals surface area (Å²) in [7, 11) is 0. The molecule has 1 aliphatic heterocycles. The number of hydrogen-bond acceptors (Lipinski definition) is 2. The van der Waals surface area contributed by atoms with E-state index >= 15 is 0 Å². The molecule has 0 aliphatic carbocycles. The molecular formula is C26H36N2O2. The highest BCUT2D eigenvalue weighted by molar-refractivity contribution is 5.66. The van der Waals surface area contributed by atoms with Crippen LogP contribution in [0.15, 0.2) is 54.6 Å². The number of hydrogen-bond donors (Lipinski definition) is 1. The van der Waals surface area contributed by atoms with E-state index in [0.717, 1.165) is 25.9 Å². The molecule has 0 radical (unpaired) electrons. The van der Waals surface area contributed by atoms with Gasteiger partial charge in [0.15, 0.2) is 0 Å². The van der Waals surface area contributed by atoms with Gasteiger partial charge in [0.1, 0.15) is 0 Å². The summed E-state index contributed by atoms with van der Waals surface area (Å²) in [6, 6.07) is 19.4. The predicted octanol–water partition coefficient (Wildman–Crippen LogP) is 6.08. The van der Waals surface area contributed by atoms with Crippen LogP contribution in [0.4, 0.5) is 4.79 Å². The van der Waals surface area contributed by atoms with Crippen LogP contribution >= 0.6 is 0 Å². The Morgan fingerprint density at radius 2 is 1.47 bits per heavy atom. The maximum Gasteiger partial charge on any atom is 0.407 e. The molecule has 0 bridgehead atoms. The van der Waals surface area contributed by atoms with Crippen molar-refractivity contribution in [3.63, 3.8) is 0 Å². The third-order valence-electron chi connectivity index (χ3n) is 6.59. The van der Waals surface area contributed by atoms with Crippen molar-refractivity contribution >= 4 is 6.09 Å². The average Bonchev–Trinajstić information content (AvgIpc) is 2.72. The van der Waals surface area contributed by atoms with E-state index in [-0.39, 0.29) is 11.1 Å². The van der Waals surface area contributed by atoms with Crippen molar-refractivity contribution in [2.24, 2.45) is 5.92 Å². The first kappa shape index (κ1) is 22.4. The molecule has 0 saturated carbocycles. The smallest absolute Gasteiger partial charge is 0.407 e. The van der Waals surface area contributed by atoms with Crippen molar-refractivity contribution in [2.75, 3.05) is 19.6 Å². The van der Waals surface area contributed by atoms with Crippen LogP contribution in [0.5, 0.6) is 0 Å². The van der Waals surface area contributed by atoms with Gasteiger partial charge in [-0.15, -0.1) is 0 Å². The minimum atomic E-state index is -0.816. The van der Waals surface area contributed by atoms with E-state index in [1.807, 2.05) is 26.8 Å². The average molecular weight is 409 g/mol. The van der Waals surface area contributed by atoms with Crippen molar-refractivity contribution < 1.29 is 9.90 Å². The van der Waals surface area contributed by atoms with Crippen LogP contribution in [0.3, 0.4) is 0 Å². The van der Waals surface area contributed by atoms with Crippen molar-refractivity contribution in [1.29, 1.82) is 0 Å². The molecule has 4 heteroatoms. The quantitative estimate of drug-likeness (QED) is 0.652. The van der Waals surface area contributed by atoms with E-state index in [4.69, 9.17) is 0 Å². The van der Waals surface area contributed by atoms with Crippen molar-refractivity contribution in [2.45, 2.75) is 58.5 Å². The van der Waals surface area contributed by atoms with E-state index in [9.17, 15) is 9.90 Å². The van der Waals surface area contributed by atoms with E-state index in [1.165, 1.54) is 16.7 Å². The molecule has 3 rings (SSSR count). The largest absolute Gasteiger partial charge is 0.465 e. The number of piperidine rings is 1. The first-order chi connectivity index (χ1) is 14.1. The second kappa shape index (κ2) is 8.81. The normalized spacial score (nSPS) is 16.4. The topological polar surface area (TPSA) is 43.8 Å². The van der Waals surface area contributed by atoms with Crippen LogP contribution < -0.4 is 0 Å². The van der Waals surface area contributed by atoms with E-state index in [1.54, 1.807) is 4.90 Å². The lowest BCUT2D eigenvalue weighted by atomic mass is 9.86. The summed E-state index contributed by atoms with van der Waals surface area (Å²) in [5, 5.41) is 9.59. The molecule has 2 aromatic carbocycles. The van der Waals surface area contributed by atoms with Crippen LogP contribution in [0.1, 0.15) is 53.0 Å². The second-order valence-electron chi connectivity index (χ2n) is 10.00. The lowest BCUT2D eigenvalue weighted by Crippen LogP contribution is -2.51. The Hall–Kier alpha value is -2.33. The van der Waals surface area contributed by atoms with Gasteiger partial charge in [0.05, 0.1) is 0 Å². The van der Waals surface area contributed by atoms with Crippen LogP contribution in [0, 0.1) is 5.92 Å². The van der Waals surface area contributed by atoms with Gasteiger partial charge in [0.25, 0.3) is 0 Å². The van der Waals surface area contributed by atoms with E-state index in [0.29, 0.717) is 12.5 Å². The molecule has 2 aromatic rings. The standard InChI is InChI=1S/C26H36N2O2/c1-25(2,3)28(24(29)30)19-20-15-17-27(18-16-20)26(4,5)23-13-11-22(12-14-23)21-9-7-6-8-10-21/h6-14,20H,15-19H2,1-5H3,(H,29,30). The summed E-state index contributed by atoms with van der Waals surface area (Å²) in [6.45, 7) is 13.1. The molecular weight excluding hydrogens is 372 g/mol. The zero-order valence-corrected chi connectivity index (χ0v) is 19.1. The van der Waals surface area contributed by atoms with Crippen molar-refractivity contribution in [1.82, 2.24) is 9.80 Å². The second-order valence-corrected chi connectivity index (χ2v) is 10.00. The van der Waals surface area contributed by atoms with Gasteiger partial charge < -0.3 is 10.0 Å². The minimum absolute atomic E-state index is 0.0449. The van der Waals surface area contributed by atoms with Gasteiger partial charge in [0, 0.05) is 17.6 Å². The molecule has 0 atom stereocenters. The molecule has 1 saturated heterocycles. The molecule has 0 aromatic heterocycles. The first-order valence-electron chi connectivity index (χ1n) is 11.0. The molecule has 1 heterocycles. The molecule has 162 valence electrons. The van der Waals surface area contributed by atoms with E-state index in [2.05, 4.69) is 67.3 Å². The summed E-state index contributed by atoms with van der Waals surface area (Å²) >= 11 is 0. The van der Waals surface area contributed by atoms with Crippen LogP contribution in [0.2, 0.25) is 0 Å². The highest BCUT2D eigenvalue weighted by Crippen LogP contribution is 2.34. The SMILES string of the molecule is CC(C)(C)N(CC1CCN(C(C)(C)c2ccc(-c3ccccc3)cc2)CC1)C(=O)O. The maximum absolute atomic E-state index is 11.7. The molecule has 30 heavy (non-hydrogen) atoms. The van der Waals surface area contributed by atoms with Crippen LogP contribution in [-0.2, 0) is 5.54 Å². The lowest BCUT2D eigenvalue weighted by Gasteiger charge is -2.45. The summed E-state index contributed by atoms with van der Waals surface area (Å²) in [4.78, 5) is 15.8. The molecule has 4 nitrogen and oxygen atoms in total. The fourth-order valence-corrected chi connectivity index (χ4v) is 4.46. The minimum Gasteiger partial charge on any atom is -0.465 e. The highest BCUT2D eigenvalue weighted by atomic mass is 16.4. The summed E-state index contributed by atoms with van der Waals surface area (Å²) in [5.74, 6) is 0.424. The molecule has 1 N–H and O–H groups in total. The highest BCUT2D eigenvalue weighted by Gasteiger charge is 2.34. The Balaban J connectivity index is 1.64. The van der Waals surface area contributed by atoms with Crippen molar-refractivity contribution in [3.05, 3.63) is 60.2 Å². The van der Waals surface area contributed by atoms with Crippen LogP contribution in [0.25, 0.3) is 11.1 Å². The molecule has 1 amide bonds. The molecule has 1 fully saturated rings. The number of rotatable bonds is 5. The Kier molecular flexibility index (Phi) is 6.56. The number of nitrogens with zero attached hydrogens (tertiary/aromatic N) is 2. The summed E-state index contributed by atoms with van der Waals surface area (Å²) in [6.07, 6.45) is 1.25. The number of benzene rings is 2. The lowest BCUT2D eigenvalue weighted by molar-refractivity contribution is 0.0451. The van der Waals surface area contributed by atoms with E-state index < -0.39 is 6.09 Å². The third-order valence-corrected chi connectivity index (χ3v) is 6.59. The monoisotopic (exact) mass is 408 g/mol. The fourth-order valence-electron chi connectivity index (χ4n) is 4.46. The Labute approximate surface area is 181 Å². The number of likely N-dealkylation sites (tertiary alicyclic amines) is 1. The Morgan fingerprint density at radius 3 is 1.97 bits per heavy atom. The van der Waals surface area contributed by atoms with Gasteiger partial charge in [0.2, 0.25) is 0 Å². The zero-order chi connectivity index (χ0) is 21.9.